The predicted molar refractivity (Wildman–Crippen MR) is 118 cm³/mol. The van der Waals surface area contributed by atoms with Crippen molar-refractivity contribution >= 4 is 23.1 Å². The summed E-state index contributed by atoms with van der Waals surface area (Å²) in [5, 5.41) is 0. The van der Waals surface area contributed by atoms with E-state index in [1.807, 2.05) is 0 Å². The molecule has 3 rings (SSSR count). The van der Waals surface area contributed by atoms with Crippen molar-refractivity contribution in [2.45, 2.75) is 65.2 Å². The molecule has 0 saturated heterocycles. The molecule has 0 saturated carbocycles. The molecule has 0 aromatic heterocycles. The maximum atomic E-state index is 4.93. The Kier molecular flexibility index (Phi) is 10.4. The second kappa shape index (κ2) is 12.3. The first-order chi connectivity index (χ1) is 13.1. The van der Waals surface area contributed by atoms with E-state index in [2.05, 4.69) is 69.3 Å². The average molecular weight is 481 g/mol. The third kappa shape index (κ3) is 6.88. The van der Waals surface area contributed by atoms with Crippen LogP contribution in [0.4, 0.5) is 0 Å². The molecule has 0 aliphatic heterocycles. The summed E-state index contributed by atoms with van der Waals surface area (Å²) in [6, 6.07) is 15.9. The summed E-state index contributed by atoms with van der Waals surface area (Å²) in [6.45, 7) is 6.78. The number of hydrogen-bond acceptors (Lipinski definition) is 0. The molecule has 3 heteroatoms. The molecule has 0 bridgehead atoms. The third-order valence-electron chi connectivity index (χ3n) is 5.20. The van der Waals surface area contributed by atoms with Crippen molar-refractivity contribution in [3.63, 3.8) is 0 Å². The second-order valence-electron chi connectivity index (χ2n) is 7.52. The number of hydrogen-bond donors (Lipinski definition) is 0. The zero-order chi connectivity index (χ0) is 19.6. The van der Waals surface area contributed by atoms with Gasteiger partial charge in [-0.05, 0) is 53.0 Å². The number of rotatable bonds is 7. The van der Waals surface area contributed by atoms with Crippen LogP contribution < -0.4 is 0 Å². The van der Waals surface area contributed by atoms with Gasteiger partial charge in [-0.2, -0.15) is 0 Å². The Balaban J connectivity index is 0.000000817. The fourth-order valence-corrected chi connectivity index (χ4v) is 3.68. The van der Waals surface area contributed by atoms with Gasteiger partial charge < -0.3 is 0 Å². The average Bonchev–Trinajstić information content (AvgIpc) is 3.09. The molecule has 0 N–H and O–H groups in total. The number of fused-ring (bicyclic) bond motifs is 1. The van der Waals surface area contributed by atoms with Crippen LogP contribution in [0.2, 0.25) is 0 Å². The van der Waals surface area contributed by atoms with Crippen molar-refractivity contribution in [2.75, 3.05) is 0 Å². The van der Waals surface area contributed by atoms with Gasteiger partial charge in [0.2, 0.25) is 0 Å². The van der Waals surface area contributed by atoms with E-state index in [4.69, 9.17) is 17.0 Å². The fraction of sp³-hybridized carbons (Fsp3) is 0.417. The third-order valence-corrected chi connectivity index (χ3v) is 5.20. The molecule has 1 aliphatic carbocycles. The maximum absolute atomic E-state index is 4.93. The molecule has 0 atom stereocenters. The number of allylic oxidation sites excluding steroid dienone is 1. The SMILES string of the molecule is CCCCCCC1=Cc2c(cccc2-c2ccc(C(C)C)cc2)C1.[Cl][Zr][Cl]. The van der Waals surface area contributed by atoms with Gasteiger partial charge in [0.1, 0.15) is 0 Å². The molecule has 2 aromatic carbocycles. The summed E-state index contributed by atoms with van der Waals surface area (Å²) in [5.41, 5.74) is 8.74. The first kappa shape index (κ1) is 22.9. The zero-order valence-electron chi connectivity index (χ0n) is 16.7. The zero-order valence-corrected chi connectivity index (χ0v) is 20.7. The van der Waals surface area contributed by atoms with Gasteiger partial charge in [0.25, 0.3) is 0 Å². The van der Waals surface area contributed by atoms with E-state index >= 15 is 0 Å². The first-order valence-corrected chi connectivity index (χ1v) is 16.3. The molecule has 2 aromatic rings. The minimum absolute atomic E-state index is 0.593. The quantitative estimate of drug-likeness (QED) is 0.348. The molecule has 0 nitrogen and oxygen atoms in total. The van der Waals surface area contributed by atoms with E-state index in [-0.39, 0.29) is 0 Å². The summed E-state index contributed by atoms with van der Waals surface area (Å²) >= 11 is -0.826. The Morgan fingerprint density at radius 3 is 2.30 bits per heavy atom. The molecule has 0 amide bonds. The fourth-order valence-electron chi connectivity index (χ4n) is 3.68. The molecule has 0 unspecified atom stereocenters. The summed E-state index contributed by atoms with van der Waals surface area (Å²) < 4.78 is 0. The molecular weight excluding hydrogens is 450 g/mol. The Bertz CT molecular complexity index is 733. The summed E-state index contributed by atoms with van der Waals surface area (Å²) in [6.07, 6.45) is 10.3. The second-order valence-corrected chi connectivity index (χ2v) is 11.2. The summed E-state index contributed by atoms with van der Waals surface area (Å²) in [5.74, 6) is 0.593. The molecule has 0 radical (unpaired) electrons. The van der Waals surface area contributed by atoms with Crippen molar-refractivity contribution in [3.8, 4) is 11.1 Å². The Hall–Kier alpha value is -0.357. The summed E-state index contributed by atoms with van der Waals surface area (Å²) in [4.78, 5) is 0. The van der Waals surface area contributed by atoms with Gasteiger partial charge in [0, 0.05) is 0 Å². The Morgan fingerprint density at radius 2 is 1.67 bits per heavy atom. The Labute approximate surface area is 184 Å². The van der Waals surface area contributed by atoms with Crippen LogP contribution in [0.5, 0.6) is 0 Å². The minimum atomic E-state index is -0.826. The van der Waals surface area contributed by atoms with E-state index in [1.165, 1.54) is 59.9 Å². The van der Waals surface area contributed by atoms with E-state index in [1.54, 1.807) is 5.57 Å². The van der Waals surface area contributed by atoms with Gasteiger partial charge in [-0.15, -0.1) is 0 Å². The molecule has 27 heavy (non-hydrogen) atoms. The first-order valence-electron chi connectivity index (χ1n) is 9.98. The van der Waals surface area contributed by atoms with Crippen LogP contribution in [-0.4, -0.2) is 0 Å². The van der Waals surface area contributed by atoms with Crippen LogP contribution in [0, 0.1) is 0 Å². The predicted octanol–water partition coefficient (Wildman–Crippen LogP) is 8.76. The molecule has 0 fully saturated rings. The topological polar surface area (TPSA) is 0 Å². The number of benzene rings is 2. The van der Waals surface area contributed by atoms with Crippen molar-refractivity contribution in [3.05, 3.63) is 64.7 Å². The van der Waals surface area contributed by atoms with E-state index in [9.17, 15) is 0 Å². The Morgan fingerprint density at radius 1 is 0.963 bits per heavy atom. The molecule has 1 aliphatic rings. The van der Waals surface area contributed by atoms with Crippen LogP contribution in [-0.2, 0) is 27.3 Å². The van der Waals surface area contributed by atoms with Gasteiger partial charge in [0.05, 0.1) is 0 Å². The van der Waals surface area contributed by atoms with Gasteiger partial charge in [-0.3, -0.25) is 0 Å². The van der Waals surface area contributed by atoms with Gasteiger partial charge >= 0.3 is 37.9 Å². The van der Waals surface area contributed by atoms with Crippen molar-refractivity contribution < 1.29 is 20.8 Å². The van der Waals surface area contributed by atoms with Crippen molar-refractivity contribution in [1.29, 1.82) is 0 Å². The molecule has 0 heterocycles. The van der Waals surface area contributed by atoms with Crippen LogP contribution >= 0.6 is 17.0 Å². The number of unbranched alkanes of at least 4 members (excludes halogenated alkanes) is 3. The van der Waals surface area contributed by atoms with E-state index in [0.29, 0.717) is 5.92 Å². The molecule has 144 valence electrons. The van der Waals surface area contributed by atoms with Crippen LogP contribution in [0.1, 0.15) is 75.5 Å². The molecular formula is C24H30Cl2Zr. The molecule has 0 spiro atoms. The normalized spacial score (nSPS) is 12.3. The summed E-state index contributed by atoms with van der Waals surface area (Å²) in [7, 11) is 9.87. The van der Waals surface area contributed by atoms with Crippen molar-refractivity contribution in [2.24, 2.45) is 0 Å². The van der Waals surface area contributed by atoms with Crippen LogP contribution in [0.25, 0.3) is 17.2 Å². The number of halogens is 2. The van der Waals surface area contributed by atoms with Gasteiger partial charge in [-0.1, -0.05) is 94.1 Å². The van der Waals surface area contributed by atoms with Crippen LogP contribution in [0.3, 0.4) is 0 Å². The van der Waals surface area contributed by atoms with E-state index < -0.39 is 20.8 Å². The van der Waals surface area contributed by atoms with Gasteiger partial charge in [-0.25, -0.2) is 0 Å². The standard InChI is InChI=1S/C24H30.2ClH.Zr/c1-4-5-6-7-9-19-16-22-10-8-11-23(24(22)17-19)21-14-12-20(13-15-21)18(2)3;;;/h8,10-15,17-18H,4-7,9,16H2,1-3H3;2*1H;/q;;;+2/p-2. The van der Waals surface area contributed by atoms with Gasteiger partial charge in [0.15, 0.2) is 0 Å². The van der Waals surface area contributed by atoms with Crippen LogP contribution in [0.15, 0.2) is 48.0 Å². The monoisotopic (exact) mass is 478 g/mol. The van der Waals surface area contributed by atoms with Crippen molar-refractivity contribution in [1.82, 2.24) is 0 Å². The van der Waals surface area contributed by atoms with E-state index in [0.717, 1.165) is 6.42 Å².